The quantitative estimate of drug-likeness (QED) is 0.599. The molecular weight excluding hydrogens is 410 g/mol. The van der Waals surface area contributed by atoms with Gasteiger partial charge in [-0.2, -0.15) is 5.10 Å². The number of rotatable bonds is 4. The first kappa shape index (κ1) is 19.1. The first-order chi connectivity index (χ1) is 12.7. The summed E-state index contributed by atoms with van der Waals surface area (Å²) in [5, 5.41) is 10.5. The summed E-state index contributed by atoms with van der Waals surface area (Å²) in [5.41, 5.74) is 1.74. The number of aromatic amines is 1. The highest BCUT2D eigenvalue weighted by Crippen LogP contribution is 2.23. The second-order valence-electron chi connectivity index (χ2n) is 7.14. The Hall–Kier alpha value is -2.67. The zero-order valence-corrected chi connectivity index (χ0v) is 16.9. The van der Waals surface area contributed by atoms with Crippen LogP contribution in [-0.4, -0.2) is 27.7 Å². The van der Waals surface area contributed by atoms with Crippen LogP contribution in [-0.2, 0) is 16.0 Å². The van der Waals surface area contributed by atoms with Gasteiger partial charge in [-0.3, -0.25) is 14.7 Å². The van der Waals surface area contributed by atoms with Crippen molar-refractivity contribution in [1.82, 2.24) is 10.2 Å². The fourth-order valence-electron chi connectivity index (χ4n) is 2.67. The number of halogens is 1. The van der Waals surface area contributed by atoms with Gasteiger partial charge in [0.15, 0.2) is 5.69 Å². The number of nitrogens with zero attached hydrogens (tertiary/aromatic N) is 1. The van der Waals surface area contributed by atoms with Crippen molar-refractivity contribution in [2.24, 2.45) is 0 Å². The van der Waals surface area contributed by atoms with Crippen molar-refractivity contribution in [3.8, 4) is 0 Å². The van der Waals surface area contributed by atoms with Crippen LogP contribution in [0.1, 0.15) is 36.8 Å². The van der Waals surface area contributed by atoms with Gasteiger partial charge in [0.05, 0.1) is 11.9 Å². The van der Waals surface area contributed by atoms with E-state index in [0.717, 1.165) is 9.99 Å². The van der Waals surface area contributed by atoms with Gasteiger partial charge in [0.25, 0.3) is 5.91 Å². The minimum atomic E-state index is -0.559. The van der Waals surface area contributed by atoms with E-state index in [2.05, 4.69) is 31.4 Å². The molecule has 0 spiro atoms. The van der Waals surface area contributed by atoms with Crippen LogP contribution in [0, 0.1) is 0 Å². The van der Waals surface area contributed by atoms with Crippen molar-refractivity contribution in [1.29, 1.82) is 0 Å². The number of hydrogen-bond acceptors (Lipinski definition) is 4. The van der Waals surface area contributed by atoms with Crippen molar-refractivity contribution in [2.75, 3.05) is 5.32 Å². The maximum atomic E-state index is 12.7. The molecule has 3 rings (SSSR count). The van der Waals surface area contributed by atoms with E-state index in [0.29, 0.717) is 22.3 Å². The van der Waals surface area contributed by atoms with Crippen molar-refractivity contribution in [3.05, 3.63) is 58.2 Å². The molecule has 3 aromatic rings. The summed E-state index contributed by atoms with van der Waals surface area (Å²) in [5.74, 6) is -0.700. The van der Waals surface area contributed by atoms with Crippen LogP contribution >= 0.6 is 15.9 Å². The number of nitrogens with one attached hydrogen (secondary N) is 2. The van der Waals surface area contributed by atoms with Crippen molar-refractivity contribution in [2.45, 2.75) is 32.8 Å². The van der Waals surface area contributed by atoms with Crippen molar-refractivity contribution < 1.29 is 14.3 Å². The number of aromatic nitrogens is 2. The number of esters is 1. The number of anilines is 1. The van der Waals surface area contributed by atoms with Crippen LogP contribution in [0.2, 0.25) is 0 Å². The summed E-state index contributed by atoms with van der Waals surface area (Å²) in [6.45, 7) is 5.46. The molecule has 0 saturated carbocycles. The number of benzene rings is 2. The fourth-order valence-corrected chi connectivity index (χ4v) is 3.03. The highest BCUT2D eigenvalue weighted by atomic mass is 79.9. The Morgan fingerprint density at radius 1 is 1.19 bits per heavy atom. The summed E-state index contributed by atoms with van der Waals surface area (Å²) in [6, 6.07) is 12.7. The van der Waals surface area contributed by atoms with Crippen LogP contribution in [0.5, 0.6) is 0 Å². The van der Waals surface area contributed by atoms with E-state index >= 15 is 0 Å². The summed E-state index contributed by atoms with van der Waals surface area (Å²) < 4.78 is 6.23. The van der Waals surface area contributed by atoms with Crippen molar-refractivity contribution >= 4 is 44.4 Å². The Kier molecular flexibility index (Phi) is 5.32. The third-order valence-electron chi connectivity index (χ3n) is 3.76. The second-order valence-corrected chi connectivity index (χ2v) is 8.05. The maximum absolute atomic E-state index is 12.7. The molecule has 1 heterocycles. The van der Waals surface area contributed by atoms with E-state index in [4.69, 9.17) is 4.74 Å². The number of H-pyrrole nitrogens is 1. The number of fused-ring (bicyclic) bond motifs is 1. The molecule has 1 amide bonds. The molecule has 6 nitrogen and oxygen atoms in total. The highest BCUT2D eigenvalue weighted by molar-refractivity contribution is 9.10. The summed E-state index contributed by atoms with van der Waals surface area (Å²) in [7, 11) is 0. The van der Waals surface area contributed by atoms with E-state index in [-0.39, 0.29) is 18.3 Å². The van der Waals surface area contributed by atoms with Gasteiger partial charge in [-0.25, -0.2) is 0 Å². The zero-order chi connectivity index (χ0) is 19.6. The van der Waals surface area contributed by atoms with Gasteiger partial charge in [-0.1, -0.05) is 34.1 Å². The van der Waals surface area contributed by atoms with Gasteiger partial charge in [-0.15, -0.1) is 0 Å². The smallest absolute Gasteiger partial charge is 0.310 e. The van der Waals surface area contributed by atoms with Gasteiger partial charge < -0.3 is 10.1 Å². The average Bonchev–Trinajstić information content (AvgIpc) is 2.98. The summed E-state index contributed by atoms with van der Waals surface area (Å²) in [4.78, 5) is 24.9. The van der Waals surface area contributed by atoms with Crippen LogP contribution in [0.15, 0.2) is 46.9 Å². The largest absolute Gasteiger partial charge is 0.460 e. The van der Waals surface area contributed by atoms with Gasteiger partial charge in [0.2, 0.25) is 0 Å². The third-order valence-corrected chi connectivity index (χ3v) is 4.25. The van der Waals surface area contributed by atoms with Crippen LogP contribution in [0.25, 0.3) is 10.9 Å². The number of hydrogen-bond donors (Lipinski definition) is 2. The van der Waals surface area contributed by atoms with E-state index < -0.39 is 5.60 Å². The molecule has 0 aliphatic heterocycles. The maximum Gasteiger partial charge on any atom is 0.310 e. The molecule has 0 aliphatic carbocycles. The Bertz CT molecular complexity index is 1010. The van der Waals surface area contributed by atoms with E-state index in [1.165, 1.54) is 0 Å². The topological polar surface area (TPSA) is 84.1 Å². The zero-order valence-electron chi connectivity index (χ0n) is 15.3. The average molecular weight is 430 g/mol. The van der Waals surface area contributed by atoms with Gasteiger partial charge >= 0.3 is 5.97 Å². The number of carbonyl (C=O) groups excluding carboxylic acids is 2. The predicted octanol–water partition coefficient (Wildman–Crippen LogP) is 4.46. The molecule has 1 aromatic heterocycles. The number of ether oxygens (including phenoxy) is 1. The molecule has 0 radical (unpaired) electrons. The van der Waals surface area contributed by atoms with Crippen molar-refractivity contribution in [3.63, 3.8) is 0 Å². The van der Waals surface area contributed by atoms with Crippen LogP contribution < -0.4 is 5.32 Å². The first-order valence-corrected chi connectivity index (χ1v) is 9.27. The van der Waals surface area contributed by atoms with E-state index in [1.807, 2.05) is 45.0 Å². The molecule has 0 atom stereocenters. The Morgan fingerprint density at radius 3 is 2.67 bits per heavy atom. The molecule has 2 N–H and O–H groups in total. The lowest BCUT2D eigenvalue weighted by atomic mass is 10.1. The number of amides is 1. The monoisotopic (exact) mass is 429 g/mol. The summed E-state index contributed by atoms with van der Waals surface area (Å²) >= 11 is 3.41. The Morgan fingerprint density at radius 2 is 1.93 bits per heavy atom. The van der Waals surface area contributed by atoms with E-state index in [1.54, 1.807) is 18.2 Å². The standard InChI is InChI=1S/C20H20BrN3O3/c1-20(2,3)27-17(25)10-12-6-4-5-7-15(12)22-19(26)18-14-11-13(21)8-9-16(14)23-24-18/h4-9,11H,10H2,1-3H3,(H,22,26)(H,23,24). The number of carbonyl (C=O) groups is 2. The molecule has 0 bridgehead atoms. The molecule has 2 aromatic carbocycles. The molecule has 0 aliphatic rings. The highest BCUT2D eigenvalue weighted by Gasteiger charge is 2.19. The molecule has 7 heteroatoms. The lowest BCUT2D eigenvalue weighted by molar-refractivity contribution is -0.153. The molecular formula is C20H20BrN3O3. The lowest BCUT2D eigenvalue weighted by Crippen LogP contribution is -2.25. The van der Waals surface area contributed by atoms with Crippen LogP contribution in [0.4, 0.5) is 5.69 Å². The van der Waals surface area contributed by atoms with Crippen LogP contribution in [0.3, 0.4) is 0 Å². The minimum Gasteiger partial charge on any atom is -0.460 e. The van der Waals surface area contributed by atoms with E-state index in [9.17, 15) is 9.59 Å². The normalized spacial score (nSPS) is 11.4. The van der Waals surface area contributed by atoms with Gasteiger partial charge in [0, 0.05) is 15.5 Å². The molecule has 0 saturated heterocycles. The molecule has 0 unspecified atom stereocenters. The SMILES string of the molecule is CC(C)(C)OC(=O)Cc1ccccc1NC(=O)c1n[nH]c2ccc(Br)cc12. The predicted molar refractivity (Wildman–Crippen MR) is 108 cm³/mol. The lowest BCUT2D eigenvalue weighted by Gasteiger charge is -2.20. The Balaban J connectivity index is 1.82. The minimum absolute atomic E-state index is 0.0700. The summed E-state index contributed by atoms with van der Waals surface area (Å²) in [6.07, 6.45) is 0.0700. The number of para-hydroxylation sites is 1. The fraction of sp³-hybridized carbons (Fsp3) is 0.250. The second kappa shape index (κ2) is 7.52. The third kappa shape index (κ3) is 4.74. The first-order valence-electron chi connectivity index (χ1n) is 8.48. The van der Waals surface area contributed by atoms with Gasteiger partial charge in [0.1, 0.15) is 5.60 Å². The molecule has 140 valence electrons. The molecule has 0 fully saturated rings. The Labute approximate surface area is 165 Å². The molecule has 27 heavy (non-hydrogen) atoms. The van der Waals surface area contributed by atoms with Gasteiger partial charge in [-0.05, 0) is 50.6 Å².